The van der Waals surface area contributed by atoms with Crippen molar-refractivity contribution in [3.63, 3.8) is 0 Å². The molecule has 10 nitrogen and oxygen atoms in total. The minimum Gasteiger partial charge on any atom is -0.457 e. The van der Waals surface area contributed by atoms with E-state index in [2.05, 4.69) is 15.6 Å². The largest absolute Gasteiger partial charge is 0.457 e. The van der Waals surface area contributed by atoms with E-state index >= 15 is 0 Å². The molecule has 10 heteroatoms. The Bertz CT molecular complexity index is 1560. The first-order chi connectivity index (χ1) is 18.6. The standard InChI is InChI=1S/C28H25N5O5/c34-26(18-6-7-18)31-24-16-22(12-13-29-24)38-21-10-8-19(9-11-21)30-27(35)25-23-17-37-15-14-32(23)33(28(25)36)20-4-2-1-3-5-20/h1-5,8-13,16,18H,6-7,14-15,17H2,(H,30,35)(H,29,31,34). The van der Waals surface area contributed by atoms with Crippen LogP contribution in [0.25, 0.3) is 5.69 Å². The number of amides is 2. The normalized spacial score (nSPS) is 14.4. The molecule has 0 radical (unpaired) electrons. The maximum absolute atomic E-state index is 13.4. The smallest absolute Gasteiger partial charge is 0.284 e. The fourth-order valence-electron chi connectivity index (χ4n) is 4.40. The molecule has 0 spiro atoms. The highest BCUT2D eigenvalue weighted by Crippen LogP contribution is 2.31. The summed E-state index contributed by atoms with van der Waals surface area (Å²) in [5, 5.41) is 5.62. The van der Waals surface area contributed by atoms with E-state index in [1.807, 2.05) is 35.0 Å². The topological polar surface area (TPSA) is 116 Å². The lowest BCUT2D eigenvalue weighted by Gasteiger charge is -2.19. The van der Waals surface area contributed by atoms with Gasteiger partial charge in [-0.3, -0.25) is 19.1 Å². The fourth-order valence-corrected chi connectivity index (χ4v) is 4.40. The zero-order chi connectivity index (χ0) is 26.1. The monoisotopic (exact) mass is 511 g/mol. The molecule has 192 valence electrons. The van der Waals surface area contributed by atoms with Crippen LogP contribution in [0.2, 0.25) is 0 Å². The van der Waals surface area contributed by atoms with E-state index in [1.54, 1.807) is 42.6 Å². The molecular formula is C28H25N5O5. The molecule has 1 aliphatic heterocycles. The molecule has 3 heterocycles. The molecule has 38 heavy (non-hydrogen) atoms. The second-order valence-corrected chi connectivity index (χ2v) is 9.17. The second-order valence-electron chi connectivity index (χ2n) is 9.17. The Morgan fingerprint density at radius 1 is 0.974 bits per heavy atom. The lowest BCUT2D eigenvalue weighted by Crippen LogP contribution is -2.26. The van der Waals surface area contributed by atoms with Gasteiger partial charge in [0.25, 0.3) is 11.5 Å². The van der Waals surface area contributed by atoms with Crippen LogP contribution in [0.15, 0.2) is 77.7 Å². The summed E-state index contributed by atoms with van der Waals surface area (Å²) >= 11 is 0. The van der Waals surface area contributed by atoms with Crippen LogP contribution in [0.5, 0.6) is 11.5 Å². The third-order valence-electron chi connectivity index (χ3n) is 6.44. The van der Waals surface area contributed by atoms with Gasteiger partial charge in [0.05, 0.1) is 31.1 Å². The number of para-hydroxylation sites is 1. The van der Waals surface area contributed by atoms with Crippen LogP contribution in [0.3, 0.4) is 0 Å². The van der Waals surface area contributed by atoms with Crippen LogP contribution in [0.1, 0.15) is 28.9 Å². The van der Waals surface area contributed by atoms with Gasteiger partial charge in [-0.15, -0.1) is 0 Å². The number of ether oxygens (including phenoxy) is 2. The molecule has 4 aromatic rings. The molecule has 6 rings (SSSR count). The van der Waals surface area contributed by atoms with E-state index in [0.29, 0.717) is 47.5 Å². The number of anilines is 2. The quantitative estimate of drug-likeness (QED) is 0.388. The van der Waals surface area contributed by atoms with Crippen molar-refractivity contribution in [3.05, 3.63) is 94.5 Å². The zero-order valence-corrected chi connectivity index (χ0v) is 20.4. The van der Waals surface area contributed by atoms with Gasteiger partial charge in [0.1, 0.15) is 22.9 Å². The summed E-state index contributed by atoms with van der Waals surface area (Å²) in [4.78, 5) is 42.8. The van der Waals surface area contributed by atoms with Crippen LogP contribution in [-0.4, -0.2) is 32.8 Å². The van der Waals surface area contributed by atoms with Crippen LogP contribution in [0, 0.1) is 5.92 Å². The van der Waals surface area contributed by atoms with E-state index in [1.165, 1.54) is 4.68 Å². The molecule has 2 amide bonds. The van der Waals surface area contributed by atoms with Crippen LogP contribution in [-0.2, 0) is 22.7 Å². The number of fused-ring (bicyclic) bond motifs is 1. The second kappa shape index (κ2) is 9.98. The van der Waals surface area contributed by atoms with Crippen LogP contribution < -0.4 is 20.9 Å². The first-order valence-electron chi connectivity index (χ1n) is 12.4. The molecule has 0 unspecified atom stereocenters. The number of carbonyl (C=O) groups is 2. The minimum absolute atomic E-state index is 0.0266. The molecule has 0 bridgehead atoms. The molecule has 2 aromatic heterocycles. The maximum Gasteiger partial charge on any atom is 0.284 e. The van der Waals surface area contributed by atoms with Gasteiger partial charge in [-0.2, -0.15) is 0 Å². The molecule has 0 atom stereocenters. The predicted octanol–water partition coefficient (Wildman–Crippen LogP) is 3.96. The Morgan fingerprint density at radius 3 is 2.53 bits per heavy atom. The summed E-state index contributed by atoms with van der Waals surface area (Å²) in [7, 11) is 0. The number of pyridine rings is 1. The number of carbonyl (C=O) groups excluding carboxylic acids is 2. The van der Waals surface area contributed by atoms with E-state index in [0.717, 1.165) is 12.8 Å². The number of hydrogen-bond acceptors (Lipinski definition) is 6. The summed E-state index contributed by atoms with van der Waals surface area (Å²) in [5.41, 5.74) is 1.41. The average Bonchev–Trinajstić information content (AvgIpc) is 3.74. The summed E-state index contributed by atoms with van der Waals surface area (Å²) in [6.07, 6.45) is 3.39. The third-order valence-corrected chi connectivity index (χ3v) is 6.44. The maximum atomic E-state index is 13.4. The Balaban J connectivity index is 1.18. The highest BCUT2D eigenvalue weighted by molar-refractivity contribution is 6.05. The number of rotatable bonds is 7. The van der Waals surface area contributed by atoms with Gasteiger partial charge in [0.2, 0.25) is 5.91 Å². The van der Waals surface area contributed by atoms with E-state index < -0.39 is 11.5 Å². The minimum atomic E-state index is -0.502. The molecular weight excluding hydrogens is 486 g/mol. The highest BCUT2D eigenvalue weighted by atomic mass is 16.5. The van der Waals surface area contributed by atoms with Crippen molar-refractivity contribution in [2.24, 2.45) is 5.92 Å². The lowest BCUT2D eigenvalue weighted by molar-refractivity contribution is -0.117. The van der Waals surface area contributed by atoms with Gasteiger partial charge in [0.15, 0.2) is 0 Å². The van der Waals surface area contributed by atoms with Gasteiger partial charge in [-0.05, 0) is 55.3 Å². The van der Waals surface area contributed by atoms with Crippen LogP contribution in [0.4, 0.5) is 11.5 Å². The highest BCUT2D eigenvalue weighted by Gasteiger charge is 2.30. The van der Waals surface area contributed by atoms with Gasteiger partial charge in [-0.1, -0.05) is 18.2 Å². The molecule has 0 saturated heterocycles. The molecule has 1 aliphatic carbocycles. The molecule has 1 fully saturated rings. The first-order valence-corrected chi connectivity index (χ1v) is 12.4. The van der Waals surface area contributed by atoms with Crippen molar-refractivity contribution >= 4 is 23.3 Å². The number of aromatic nitrogens is 3. The molecule has 2 N–H and O–H groups in total. The zero-order valence-electron chi connectivity index (χ0n) is 20.4. The van der Waals surface area contributed by atoms with Gasteiger partial charge in [0, 0.05) is 23.9 Å². The van der Waals surface area contributed by atoms with Crippen molar-refractivity contribution in [2.45, 2.75) is 26.0 Å². The van der Waals surface area contributed by atoms with E-state index in [4.69, 9.17) is 9.47 Å². The number of nitrogens with zero attached hydrogens (tertiary/aromatic N) is 3. The molecule has 1 saturated carbocycles. The first kappa shape index (κ1) is 23.7. The van der Waals surface area contributed by atoms with Crippen molar-refractivity contribution < 1.29 is 19.1 Å². The third kappa shape index (κ3) is 4.81. The summed E-state index contributed by atoms with van der Waals surface area (Å²) in [5.74, 6) is 1.04. The van der Waals surface area contributed by atoms with Gasteiger partial charge in [-0.25, -0.2) is 9.67 Å². The molecule has 2 aliphatic rings. The number of hydrogen-bond donors (Lipinski definition) is 2. The average molecular weight is 512 g/mol. The fraction of sp³-hybridized carbons (Fsp3) is 0.214. The summed E-state index contributed by atoms with van der Waals surface area (Å²) < 4.78 is 14.8. The van der Waals surface area contributed by atoms with Gasteiger partial charge < -0.3 is 20.1 Å². The van der Waals surface area contributed by atoms with Crippen molar-refractivity contribution in [1.29, 1.82) is 0 Å². The Kier molecular flexibility index (Phi) is 6.22. The predicted molar refractivity (Wildman–Crippen MR) is 140 cm³/mol. The summed E-state index contributed by atoms with van der Waals surface area (Å²) in [6, 6.07) is 19.4. The van der Waals surface area contributed by atoms with Gasteiger partial charge >= 0.3 is 0 Å². The van der Waals surface area contributed by atoms with Crippen LogP contribution >= 0.6 is 0 Å². The Hall–Kier alpha value is -4.70. The number of nitrogens with one attached hydrogen (secondary N) is 2. The van der Waals surface area contributed by atoms with Crippen molar-refractivity contribution in [3.8, 4) is 17.2 Å². The number of benzene rings is 2. The van der Waals surface area contributed by atoms with Crippen molar-refractivity contribution in [2.75, 3.05) is 17.2 Å². The Morgan fingerprint density at radius 2 is 1.76 bits per heavy atom. The summed E-state index contributed by atoms with van der Waals surface area (Å²) in [6.45, 7) is 1.11. The van der Waals surface area contributed by atoms with E-state index in [-0.39, 0.29) is 24.0 Å². The van der Waals surface area contributed by atoms with E-state index in [9.17, 15) is 14.4 Å². The SMILES string of the molecule is O=C(Nc1ccc(Oc2ccnc(NC(=O)C3CC3)c2)cc1)c1c2n(n(-c3ccccc3)c1=O)CCOC2. The van der Waals surface area contributed by atoms with Crippen molar-refractivity contribution in [1.82, 2.24) is 14.3 Å². The molecule has 2 aromatic carbocycles. The lowest BCUT2D eigenvalue weighted by atomic mass is 10.2. The Labute approximate surface area is 217 Å².